The van der Waals surface area contributed by atoms with Crippen molar-refractivity contribution in [2.45, 2.75) is 44.2 Å². The number of fused-ring (bicyclic) bond motifs is 2. The number of aromatic nitrogens is 4. The van der Waals surface area contributed by atoms with E-state index < -0.39 is 0 Å². The number of amides is 2. The van der Waals surface area contributed by atoms with Crippen molar-refractivity contribution in [3.05, 3.63) is 84.6 Å². The number of pyridine rings is 1. The van der Waals surface area contributed by atoms with Crippen LogP contribution in [0.3, 0.4) is 0 Å². The van der Waals surface area contributed by atoms with E-state index in [-0.39, 0.29) is 23.3 Å². The fourth-order valence-corrected chi connectivity index (χ4v) is 7.32. The molecule has 1 aliphatic carbocycles. The summed E-state index contributed by atoms with van der Waals surface area (Å²) >= 11 is 0. The number of rotatable bonds is 8. The third kappa shape index (κ3) is 5.28. The topological polar surface area (TPSA) is 125 Å². The monoisotopic (exact) mass is 591 g/mol. The summed E-state index contributed by atoms with van der Waals surface area (Å²) in [7, 11) is 0. The minimum atomic E-state index is -0.260. The molecule has 1 aromatic carbocycles. The minimum absolute atomic E-state index is 0.0810. The Morgan fingerprint density at radius 1 is 1.18 bits per heavy atom. The lowest BCUT2D eigenvalue weighted by molar-refractivity contribution is -0.117. The van der Waals surface area contributed by atoms with Gasteiger partial charge in [-0.05, 0) is 85.2 Å². The number of H-pyrrole nitrogens is 1. The molecule has 3 aliphatic rings. The number of nitrogens with one attached hydrogen (secondary N) is 3. The van der Waals surface area contributed by atoms with Crippen molar-refractivity contribution < 1.29 is 14.3 Å². The standard InChI is InChI=1S/C34H37N7O3/c1-3-30(42)38-25-5-4-13-41(18-25)17-22-10-12-35-29(15-22)33(43)39-24-8-6-23(7-9-24)28-16-26-31(36-20-37-32(26)40-28)34-11-14-44-19-27(34)21(34)2/h3,6-10,12,15-16,20-21,25,27H,1,4-5,11,13-14,17-19H2,2H3,(H,38,42)(H,39,43)(H,36,37,40). The molecule has 2 saturated heterocycles. The largest absolute Gasteiger partial charge is 0.381 e. The number of aromatic amines is 1. The van der Waals surface area contributed by atoms with E-state index in [0.717, 1.165) is 79.1 Å². The second-order valence-electron chi connectivity index (χ2n) is 12.3. The maximum absolute atomic E-state index is 13.1. The predicted molar refractivity (Wildman–Crippen MR) is 168 cm³/mol. The van der Waals surface area contributed by atoms with Gasteiger partial charge in [0.25, 0.3) is 5.91 Å². The Morgan fingerprint density at radius 3 is 2.86 bits per heavy atom. The zero-order valence-electron chi connectivity index (χ0n) is 24.9. The second-order valence-corrected chi connectivity index (χ2v) is 12.3. The van der Waals surface area contributed by atoms with Gasteiger partial charge in [-0.2, -0.15) is 0 Å². The quantitative estimate of drug-likeness (QED) is 0.258. The number of hydrogen-bond acceptors (Lipinski definition) is 7. The average Bonchev–Trinajstić information content (AvgIpc) is 3.41. The van der Waals surface area contributed by atoms with Gasteiger partial charge in [0.1, 0.15) is 17.7 Å². The molecular formula is C34H37N7O3. The van der Waals surface area contributed by atoms with Crippen LogP contribution >= 0.6 is 0 Å². The summed E-state index contributed by atoms with van der Waals surface area (Å²) in [6.07, 6.45) is 7.59. The molecule has 226 valence electrons. The molecule has 4 unspecified atom stereocenters. The summed E-state index contributed by atoms with van der Waals surface area (Å²) in [6, 6.07) is 13.8. The highest BCUT2D eigenvalue weighted by molar-refractivity contribution is 6.03. The van der Waals surface area contributed by atoms with E-state index in [4.69, 9.17) is 9.72 Å². The van der Waals surface area contributed by atoms with E-state index in [9.17, 15) is 9.59 Å². The summed E-state index contributed by atoms with van der Waals surface area (Å²) in [6.45, 7) is 9.79. The van der Waals surface area contributed by atoms with Crippen molar-refractivity contribution in [2.24, 2.45) is 11.8 Å². The summed E-state index contributed by atoms with van der Waals surface area (Å²) < 4.78 is 5.75. The molecule has 0 spiro atoms. The molecule has 44 heavy (non-hydrogen) atoms. The van der Waals surface area contributed by atoms with Crippen LogP contribution in [-0.4, -0.2) is 69.0 Å². The molecule has 0 bridgehead atoms. The van der Waals surface area contributed by atoms with Crippen molar-refractivity contribution in [2.75, 3.05) is 31.6 Å². The van der Waals surface area contributed by atoms with Crippen LogP contribution in [0.25, 0.3) is 22.3 Å². The molecule has 2 amide bonds. The lowest BCUT2D eigenvalue weighted by Gasteiger charge is -2.33. The van der Waals surface area contributed by atoms with Gasteiger partial charge in [0.2, 0.25) is 5.91 Å². The molecule has 3 fully saturated rings. The molecule has 2 aliphatic heterocycles. The van der Waals surface area contributed by atoms with Crippen LogP contribution in [0.4, 0.5) is 5.69 Å². The van der Waals surface area contributed by atoms with Gasteiger partial charge >= 0.3 is 0 Å². The molecule has 4 aromatic rings. The fourth-order valence-electron chi connectivity index (χ4n) is 7.32. The van der Waals surface area contributed by atoms with Gasteiger partial charge in [-0.15, -0.1) is 0 Å². The molecule has 3 N–H and O–H groups in total. The van der Waals surface area contributed by atoms with Crippen LogP contribution in [0.1, 0.15) is 47.9 Å². The van der Waals surface area contributed by atoms with E-state index in [1.165, 1.54) is 6.08 Å². The SMILES string of the molecule is C=CC(=O)NC1CCCN(Cc2ccnc(C(=O)Nc3ccc(-c4cc5c(C67CCOCC6C7C)ncnc5[nH]4)cc3)c2)C1. The van der Waals surface area contributed by atoms with Crippen LogP contribution < -0.4 is 10.6 Å². The van der Waals surface area contributed by atoms with Crippen LogP contribution in [0.15, 0.2) is 67.6 Å². The normalized spacial score (nSPS) is 24.8. The highest BCUT2D eigenvalue weighted by Gasteiger charge is 2.65. The Morgan fingerprint density at radius 2 is 2.05 bits per heavy atom. The highest BCUT2D eigenvalue weighted by atomic mass is 16.5. The first-order valence-electron chi connectivity index (χ1n) is 15.4. The summed E-state index contributed by atoms with van der Waals surface area (Å²) in [4.78, 5) is 44.2. The summed E-state index contributed by atoms with van der Waals surface area (Å²) in [5.41, 5.74) is 6.07. The maximum atomic E-state index is 13.1. The van der Waals surface area contributed by atoms with Crippen LogP contribution in [0, 0.1) is 11.8 Å². The predicted octanol–water partition coefficient (Wildman–Crippen LogP) is 4.46. The number of carbonyl (C=O) groups is 2. The van der Waals surface area contributed by atoms with Crippen molar-refractivity contribution >= 4 is 28.5 Å². The second kappa shape index (κ2) is 11.6. The number of likely N-dealkylation sites (tertiary alicyclic amines) is 1. The van der Waals surface area contributed by atoms with Crippen molar-refractivity contribution in [1.29, 1.82) is 0 Å². The van der Waals surface area contributed by atoms with Crippen LogP contribution in [0.5, 0.6) is 0 Å². The lowest BCUT2D eigenvalue weighted by Crippen LogP contribution is -2.46. The minimum Gasteiger partial charge on any atom is -0.381 e. The zero-order chi connectivity index (χ0) is 30.3. The lowest BCUT2D eigenvalue weighted by atomic mass is 9.90. The van der Waals surface area contributed by atoms with Crippen LogP contribution in [0.2, 0.25) is 0 Å². The van der Waals surface area contributed by atoms with Crippen molar-refractivity contribution in [3.8, 4) is 11.3 Å². The van der Waals surface area contributed by atoms with E-state index in [0.29, 0.717) is 29.8 Å². The molecule has 0 radical (unpaired) electrons. The Hall–Kier alpha value is -4.41. The van der Waals surface area contributed by atoms with E-state index in [1.54, 1.807) is 12.5 Å². The van der Waals surface area contributed by atoms with Gasteiger partial charge in [0, 0.05) is 54.1 Å². The van der Waals surface area contributed by atoms with Crippen molar-refractivity contribution in [3.63, 3.8) is 0 Å². The molecule has 3 aromatic heterocycles. The molecule has 1 saturated carbocycles. The summed E-state index contributed by atoms with van der Waals surface area (Å²) in [5, 5.41) is 7.05. The third-order valence-corrected chi connectivity index (χ3v) is 9.75. The van der Waals surface area contributed by atoms with E-state index in [1.807, 2.05) is 36.4 Å². The van der Waals surface area contributed by atoms with Gasteiger partial charge in [-0.1, -0.05) is 25.6 Å². The molecule has 10 nitrogen and oxygen atoms in total. The number of benzene rings is 1. The Bertz CT molecular complexity index is 1720. The third-order valence-electron chi connectivity index (χ3n) is 9.75. The molecular weight excluding hydrogens is 554 g/mol. The van der Waals surface area contributed by atoms with E-state index >= 15 is 0 Å². The fraction of sp³-hybridized carbons (Fsp3) is 0.382. The summed E-state index contributed by atoms with van der Waals surface area (Å²) in [5.74, 6) is 0.658. The molecule has 4 atom stereocenters. The van der Waals surface area contributed by atoms with Gasteiger partial charge in [0.15, 0.2) is 0 Å². The number of nitrogens with zero attached hydrogens (tertiary/aromatic N) is 4. The highest BCUT2D eigenvalue weighted by Crippen LogP contribution is 2.64. The van der Waals surface area contributed by atoms with Gasteiger partial charge in [-0.25, -0.2) is 9.97 Å². The smallest absolute Gasteiger partial charge is 0.274 e. The molecule has 10 heteroatoms. The Kier molecular flexibility index (Phi) is 7.47. The molecule has 5 heterocycles. The number of ether oxygens (including phenoxy) is 1. The van der Waals surface area contributed by atoms with Gasteiger partial charge < -0.3 is 20.4 Å². The van der Waals surface area contributed by atoms with E-state index in [2.05, 4.69) is 50.1 Å². The number of anilines is 1. The number of hydrogen-bond donors (Lipinski definition) is 3. The van der Waals surface area contributed by atoms with Crippen LogP contribution in [-0.2, 0) is 21.5 Å². The number of carbonyl (C=O) groups excluding carboxylic acids is 2. The zero-order valence-corrected chi connectivity index (χ0v) is 24.9. The average molecular weight is 592 g/mol. The Labute approximate surface area is 256 Å². The van der Waals surface area contributed by atoms with Gasteiger partial charge in [0.05, 0.1) is 12.3 Å². The first-order valence-corrected chi connectivity index (χ1v) is 15.4. The number of piperidine rings is 1. The first-order chi connectivity index (χ1) is 21.4. The van der Waals surface area contributed by atoms with Gasteiger partial charge in [-0.3, -0.25) is 19.5 Å². The van der Waals surface area contributed by atoms with Crippen molar-refractivity contribution in [1.82, 2.24) is 30.2 Å². The molecule has 7 rings (SSSR count). The maximum Gasteiger partial charge on any atom is 0.274 e. The Balaban J connectivity index is 1.02. The first kappa shape index (κ1) is 28.4.